The van der Waals surface area contributed by atoms with Crippen LogP contribution in [0.25, 0.3) is 21.8 Å². The van der Waals surface area contributed by atoms with Crippen LogP contribution in [0.5, 0.6) is 5.75 Å². The van der Waals surface area contributed by atoms with Gasteiger partial charge in [-0.05, 0) is 87.2 Å². The molecule has 4 fully saturated rings. The number of aromatic nitrogens is 2. The molecule has 3 N–H and O–H groups in total. The molecule has 2 aromatic heterocycles. The van der Waals surface area contributed by atoms with Gasteiger partial charge in [0.25, 0.3) is 0 Å². The Hall–Kier alpha value is -4.12. The van der Waals surface area contributed by atoms with Crippen molar-refractivity contribution in [1.29, 1.82) is 0 Å². The van der Waals surface area contributed by atoms with Gasteiger partial charge in [0, 0.05) is 82.3 Å². The molecule has 10 heteroatoms. The predicted molar refractivity (Wildman–Crippen MR) is 208 cm³/mol. The second-order valence-corrected chi connectivity index (χ2v) is 16.8. The average Bonchev–Trinajstić information content (AvgIpc) is 3.72. The van der Waals surface area contributed by atoms with Gasteiger partial charge in [-0.15, -0.1) is 0 Å². The zero-order chi connectivity index (χ0) is 37.7. The number of carbonyl (C=O) groups excluding carboxylic acids is 2. The number of para-hydroxylation sites is 1. The fraction of sp³-hybridized carbons (Fsp3) is 0.545. The lowest BCUT2D eigenvalue weighted by molar-refractivity contribution is -0.169. The number of piperidine rings is 3. The summed E-state index contributed by atoms with van der Waals surface area (Å²) in [7, 11) is 6.77. The lowest BCUT2D eigenvalue weighted by Gasteiger charge is -2.57. The fourth-order valence-electron chi connectivity index (χ4n) is 12.6. The number of nitrogens with one attached hydrogen (secondary N) is 2. The van der Waals surface area contributed by atoms with Gasteiger partial charge in [-0.25, -0.2) is 0 Å². The first-order valence-electron chi connectivity index (χ1n) is 19.9. The third kappa shape index (κ3) is 4.68. The number of hydrogen-bond donors (Lipinski definition) is 3. The van der Waals surface area contributed by atoms with E-state index in [9.17, 15) is 14.7 Å². The fourth-order valence-corrected chi connectivity index (χ4v) is 12.6. The number of aromatic amines is 2. The Kier molecular flexibility index (Phi) is 8.56. The van der Waals surface area contributed by atoms with Crippen LogP contribution in [0.2, 0.25) is 0 Å². The van der Waals surface area contributed by atoms with Crippen molar-refractivity contribution in [2.75, 3.05) is 54.6 Å². The minimum atomic E-state index is -1.17. The zero-order valence-electron chi connectivity index (χ0n) is 32.5. The van der Waals surface area contributed by atoms with Crippen LogP contribution in [-0.4, -0.2) is 104 Å². The SMILES string of the molecule is C/C=C1/CN(C)[C@H]2Cc3c([nH]c4ccccc34)[C@H](c3cc4[nH]c5c(c4cc3OC)CCN3C[C@H]4C[C@@H](CC)[C@H]3[C@]5(C(=O)OC)C4)C[C@H]1[C@]2(CO)C(=O)OC. The normalized spacial score (nSPS) is 33.8. The first-order chi connectivity index (χ1) is 26.2. The number of hydrogen-bond acceptors (Lipinski definition) is 8. The highest BCUT2D eigenvalue weighted by atomic mass is 16.5. The molecule has 286 valence electrons. The summed E-state index contributed by atoms with van der Waals surface area (Å²) in [6.07, 6.45) is 7.07. The topological polar surface area (TPSA) is 120 Å². The number of methoxy groups -OCH3 is 3. The Morgan fingerprint density at radius 1 is 1.02 bits per heavy atom. The number of likely N-dealkylation sites (tertiary alicyclic amines) is 1. The molecule has 4 aromatic rings. The van der Waals surface area contributed by atoms with E-state index in [1.54, 1.807) is 14.2 Å². The summed E-state index contributed by atoms with van der Waals surface area (Å²) in [5.41, 5.74) is 6.67. The number of esters is 2. The van der Waals surface area contributed by atoms with Gasteiger partial charge < -0.3 is 29.3 Å². The standard InChI is InChI=1S/C44H54N4O6/c1-7-25-15-24-20-43(41(50)53-5)39-28(13-14-48(21-24)40(25)43)29-18-36(52-4)30(17-35(29)46-39)31-16-33-26(8-2)22-47(3)37(44(33,23-49)42(51)54-6)19-32-27-11-9-10-12-34(27)45-38(31)32/h8-12,17-18,24-25,31,33,37,40,45-46,49H,7,13-16,19-23H2,1-6H3/b26-8-/t24-,25+,31-,33+,37-,40-,43-,44-/m0/s1. The average molecular weight is 735 g/mol. The summed E-state index contributed by atoms with van der Waals surface area (Å²) in [6.45, 7) is 6.61. The van der Waals surface area contributed by atoms with Crippen LogP contribution >= 0.6 is 0 Å². The Balaban J connectivity index is 1.29. The van der Waals surface area contributed by atoms with Crippen LogP contribution in [0, 0.1) is 23.2 Å². The molecule has 1 unspecified atom stereocenters. The molecule has 6 bridgehead atoms. The molecule has 2 aromatic carbocycles. The molecule has 1 saturated carbocycles. The minimum absolute atomic E-state index is 0.0942. The smallest absolute Gasteiger partial charge is 0.319 e. The van der Waals surface area contributed by atoms with E-state index >= 15 is 0 Å². The molecule has 6 heterocycles. The highest BCUT2D eigenvalue weighted by molar-refractivity contribution is 5.93. The van der Waals surface area contributed by atoms with Crippen molar-refractivity contribution in [1.82, 2.24) is 19.8 Å². The van der Waals surface area contributed by atoms with E-state index in [-0.39, 0.29) is 42.5 Å². The van der Waals surface area contributed by atoms with E-state index in [2.05, 4.69) is 70.1 Å². The van der Waals surface area contributed by atoms with Gasteiger partial charge in [0.1, 0.15) is 16.6 Å². The number of aliphatic hydroxyl groups excluding tert-OH is 1. The molecule has 0 amide bonds. The Morgan fingerprint density at radius 3 is 2.54 bits per heavy atom. The van der Waals surface area contributed by atoms with Crippen LogP contribution in [0.15, 0.2) is 48.0 Å². The third-order valence-electron chi connectivity index (χ3n) is 14.8. The summed E-state index contributed by atoms with van der Waals surface area (Å²) in [5, 5.41) is 13.6. The summed E-state index contributed by atoms with van der Waals surface area (Å²) in [4.78, 5) is 41.0. The number of ether oxygens (including phenoxy) is 3. The number of carbonyl (C=O) groups is 2. The quantitative estimate of drug-likeness (QED) is 0.167. The van der Waals surface area contributed by atoms with Crippen molar-refractivity contribution in [2.45, 2.75) is 75.8 Å². The molecule has 0 radical (unpaired) electrons. The molecule has 2 aliphatic carbocycles. The molecular weight excluding hydrogens is 681 g/mol. The van der Waals surface area contributed by atoms with Crippen LogP contribution < -0.4 is 4.74 Å². The van der Waals surface area contributed by atoms with E-state index in [4.69, 9.17) is 14.2 Å². The maximum atomic E-state index is 14.3. The van der Waals surface area contributed by atoms with Crippen LogP contribution in [0.3, 0.4) is 0 Å². The van der Waals surface area contributed by atoms with E-state index < -0.39 is 10.8 Å². The van der Waals surface area contributed by atoms with Gasteiger partial charge in [-0.3, -0.25) is 19.4 Å². The number of nitrogens with zero attached hydrogens (tertiary/aromatic N) is 2. The third-order valence-corrected chi connectivity index (χ3v) is 14.8. The number of allylic oxidation sites excluding steroid dienone is 1. The number of benzene rings is 2. The first kappa shape index (κ1) is 35.6. The highest BCUT2D eigenvalue weighted by Crippen LogP contribution is 2.57. The predicted octanol–water partition coefficient (Wildman–Crippen LogP) is 5.85. The number of aliphatic hydroxyl groups is 1. The summed E-state index contributed by atoms with van der Waals surface area (Å²) in [5.74, 6) is 0.625. The van der Waals surface area contributed by atoms with E-state index in [1.807, 2.05) is 13.0 Å². The lowest BCUT2D eigenvalue weighted by atomic mass is 9.56. The van der Waals surface area contributed by atoms with E-state index in [0.29, 0.717) is 31.2 Å². The largest absolute Gasteiger partial charge is 0.496 e. The van der Waals surface area contributed by atoms with Crippen molar-refractivity contribution in [3.05, 3.63) is 76.1 Å². The molecule has 9 atom stereocenters. The van der Waals surface area contributed by atoms with Crippen LogP contribution in [0.1, 0.15) is 73.5 Å². The first-order valence-corrected chi connectivity index (χ1v) is 19.9. The van der Waals surface area contributed by atoms with Crippen LogP contribution in [0.4, 0.5) is 0 Å². The molecule has 3 saturated heterocycles. The van der Waals surface area contributed by atoms with Gasteiger partial charge in [-0.2, -0.15) is 0 Å². The maximum absolute atomic E-state index is 14.3. The van der Waals surface area contributed by atoms with Crippen molar-refractivity contribution in [3.63, 3.8) is 0 Å². The maximum Gasteiger partial charge on any atom is 0.319 e. The van der Waals surface area contributed by atoms with Gasteiger partial charge in [0.05, 0.1) is 27.9 Å². The van der Waals surface area contributed by atoms with Crippen LogP contribution in [-0.2, 0) is 37.3 Å². The Labute approximate surface area is 317 Å². The monoisotopic (exact) mass is 734 g/mol. The number of H-pyrrole nitrogens is 2. The molecule has 6 aliphatic rings. The highest BCUT2D eigenvalue weighted by Gasteiger charge is 2.63. The minimum Gasteiger partial charge on any atom is -0.496 e. The second kappa shape index (κ2) is 13.0. The molecule has 10 nitrogen and oxygen atoms in total. The molecule has 10 rings (SSSR count). The Bertz CT molecular complexity index is 2190. The van der Waals surface area contributed by atoms with E-state index in [1.165, 1.54) is 12.7 Å². The number of fused-ring (bicyclic) bond motifs is 9. The molecular formula is C44H54N4O6. The Morgan fingerprint density at radius 2 is 1.81 bits per heavy atom. The van der Waals surface area contributed by atoms with Crippen molar-refractivity contribution >= 4 is 33.7 Å². The summed E-state index contributed by atoms with van der Waals surface area (Å²) in [6, 6.07) is 12.6. The van der Waals surface area contributed by atoms with E-state index in [0.717, 1.165) is 94.4 Å². The van der Waals surface area contributed by atoms with Gasteiger partial charge in [-0.1, -0.05) is 43.2 Å². The molecule has 4 aliphatic heterocycles. The van der Waals surface area contributed by atoms with Gasteiger partial charge in [0.2, 0.25) is 0 Å². The van der Waals surface area contributed by atoms with Gasteiger partial charge >= 0.3 is 11.9 Å². The lowest BCUT2D eigenvalue weighted by Crippen LogP contribution is -2.67. The van der Waals surface area contributed by atoms with Crippen molar-refractivity contribution in [3.8, 4) is 5.75 Å². The summed E-state index contributed by atoms with van der Waals surface area (Å²) >= 11 is 0. The van der Waals surface area contributed by atoms with Crippen molar-refractivity contribution < 1.29 is 28.9 Å². The summed E-state index contributed by atoms with van der Waals surface area (Å²) < 4.78 is 17.7. The van der Waals surface area contributed by atoms with Crippen molar-refractivity contribution in [2.24, 2.45) is 23.2 Å². The number of likely N-dealkylation sites (N-methyl/N-ethyl adjacent to an activating group) is 1. The van der Waals surface area contributed by atoms with Gasteiger partial charge in [0.15, 0.2) is 0 Å². The number of rotatable bonds is 6. The second-order valence-electron chi connectivity index (χ2n) is 16.8. The zero-order valence-corrected chi connectivity index (χ0v) is 32.5. The molecule has 54 heavy (non-hydrogen) atoms. The molecule has 0 spiro atoms.